The molecule has 246 valence electrons. The summed E-state index contributed by atoms with van der Waals surface area (Å²) in [6.45, 7) is 2.65. The topological polar surface area (TPSA) is 160 Å². The summed E-state index contributed by atoms with van der Waals surface area (Å²) in [4.78, 5) is 55.8. The van der Waals surface area contributed by atoms with Gasteiger partial charge in [-0.3, -0.25) is 28.7 Å². The summed E-state index contributed by atoms with van der Waals surface area (Å²) in [6, 6.07) is 12.9. The summed E-state index contributed by atoms with van der Waals surface area (Å²) in [5, 5.41) is 4.00. The van der Waals surface area contributed by atoms with Gasteiger partial charge >= 0.3 is 5.69 Å². The highest BCUT2D eigenvalue weighted by Gasteiger charge is 2.42. The quantitative estimate of drug-likeness (QED) is 0.154. The molecule has 6 rings (SSSR count). The fourth-order valence-electron chi connectivity index (χ4n) is 5.34. The molecule has 0 amide bonds. The molecule has 0 aliphatic heterocycles. The lowest BCUT2D eigenvalue weighted by atomic mass is 10.2. The standard InChI is InChI=1S/C33H36FN7O6/c1-22-10-2-3-12-24(22)45-20-9-21-46-31-37-26-27(28(42)38-31)40(19-8-14-33(34)15-16-33)32(44)41(30(26)43)18-7-5-13-25-36-29(47-39-25)23-11-4-6-17-35-23/h2-4,6,10-12,17H,5,7-9,13-16,18-21H2,1H3,(H,37,38,42). The summed E-state index contributed by atoms with van der Waals surface area (Å²) in [5.41, 5.74) is -1.98. The molecule has 1 aliphatic rings. The highest BCUT2D eigenvalue weighted by atomic mass is 19.1. The zero-order valence-electron chi connectivity index (χ0n) is 26.1. The number of hydrogen-bond acceptors (Lipinski definition) is 10. The molecule has 0 unspecified atom stereocenters. The van der Waals surface area contributed by atoms with Crippen molar-refractivity contribution in [1.29, 1.82) is 0 Å². The third-order valence-electron chi connectivity index (χ3n) is 8.11. The van der Waals surface area contributed by atoms with E-state index in [1.165, 1.54) is 4.57 Å². The summed E-state index contributed by atoms with van der Waals surface area (Å²) in [6.07, 6.45) is 5.15. The molecule has 14 heteroatoms. The monoisotopic (exact) mass is 645 g/mol. The van der Waals surface area contributed by atoms with Crippen molar-refractivity contribution < 1.29 is 18.4 Å². The van der Waals surface area contributed by atoms with Crippen LogP contribution in [-0.4, -0.2) is 53.1 Å². The van der Waals surface area contributed by atoms with Crippen molar-refractivity contribution in [1.82, 2.24) is 34.2 Å². The molecule has 1 saturated carbocycles. The SMILES string of the molecule is Cc1ccccc1OCCCOc1nc2c(=O)n(CCCCc3noc(-c4ccccn4)n3)c(=O)n(CCCC3(F)CC3)c2c(=O)[nH]1. The number of nitrogens with zero attached hydrogens (tertiary/aromatic N) is 6. The Hall–Kier alpha value is -5.14. The van der Waals surface area contributed by atoms with Crippen LogP contribution in [0.4, 0.5) is 4.39 Å². The molecule has 1 aromatic carbocycles. The first kappa shape index (κ1) is 31.8. The Labute approximate surface area is 268 Å². The normalized spacial score (nSPS) is 13.6. The second-order valence-corrected chi connectivity index (χ2v) is 11.7. The molecular formula is C33H36FN7O6. The highest BCUT2D eigenvalue weighted by molar-refractivity contribution is 5.72. The van der Waals surface area contributed by atoms with E-state index >= 15 is 0 Å². The van der Waals surface area contributed by atoms with Crippen molar-refractivity contribution in [3.8, 4) is 23.3 Å². The minimum absolute atomic E-state index is 0.0711. The zero-order valence-corrected chi connectivity index (χ0v) is 26.1. The number of H-pyrrole nitrogens is 1. The summed E-state index contributed by atoms with van der Waals surface area (Å²) in [7, 11) is 0. The average Bonchev–Trinajstić information content (AvgIpc) is 3.61. The molecule has 1 fully saturated rings. The van der Waals surface area contributed by atoms with Gasteiger partial charge in [0.05, 0.1) is 13.2 Å². The molecule has 47 heavy (non-hydrogen) atoms. The lowest BCUT2D eigenvalue weighted by molar-refractivity contribution is 0.235. The maximum Gasteiger partial charge on any atom is 0.331 e. The number of alkyl halides is 1. The number of aryl methyl sites for hydroxylation is 3. The van der Waals surface area contributed by atoms with E-state index in [4.69, 9.17) is 14.0 Å². The molecule has 4 aromatic heterocycles. The number of nitrogens with one attached hydrogen (secondary N) is 1. The fourth-order valence-corrected chi connectivity index (χ4v) is 5.34. The summed E-state index contributed by atoms with van der Waals surface area (Å²) < 4.78 is 33.4. The minimum atomic E-state index is -1.21. The third-order valence-corrected chi connectivity index (χ3v) is 8.11. The van der Waals surface area contributed by atoms with Crippen LogP contribution in [0.5, 0.6) is 11.8 Å². The Morgan fingerprint density at radius 3 is 2.51 bits per heavy atom. The van der Waals surface area contributed by atoms with Gasteiger partial charge in [-0.2, -0.15) is 9.97 Å². The molecule has 1 N–H and O–H groups in total. The highest BCUT2D eigenvalue weighted by Crippen LogP contribution is 2.43. The van der Waals surface area contributed by atoms with Gasteiger partial charge < -0.3 is 14.0 Å². The first-order valence-electron chi connectivity index (χ1n) is 15.8. The second kappa shape index (κ2) is 14.1. The number of halogens is 1. The van der Waals surface area contributed by atoms with E-state index < -0.39 is 22.5 Å². The number of para-hydroxylation sites is 1. The first-order valence-corrected chi connectivity index (χ1v) is 15.8. The lowest BCUT2D eigenvalue weighted by Crippen LogP contribution is -2.42. The predicted octanol–water partition coefficient (Wildman–Crippen LogP) is 4.15. The van der Waals surface area contributed by atoms with Crippen LogP contribution in [0.25, 0.3) is 22.6 Å². The van der Waals surface area contributed by atoms with Gasteiger partial charge in [-0.1, -0.05) is 29.4 Å². The predicted molar refractivity (Wildman–Crippen MR) is 170 cm³/mol. The Morgan fingerprint density at radius 2 is 1.72 bits per heavy atom. The van der Waals surface area contributed by atoms with Crippen LogP contribution in [0.3, 0.4) is 0 Å². The Morgan fingerprint density at radius 1 is 0.936 bits per heavy atom. The van der Waals surface area contributed by atoms with Crippen molar-refractivity contribution >= 4 is 11.0 Å². The maximum absolute atomic E-state index is 14.4. The molecule has 4 heterocycles. The molecule has 0 saturated heterocycles. The summed E-state index contributed by atoms with van der Waals surface area (Å²) >= 11 is 0. The average molecular weight is 646 g/mol. The van der Waals surface area contributed by atoms with Crippen molar-refractivity contribution in [2.75, 3.05) is 13.2 Å². The third kappa shape index (κ3) is 7.64. The van der Waals surface area contributed by atoms with Crippen molar-refractivity contribution in [2.24, 2.45) is 0 Å². The molecule has 0 atom stereocenters. The number of unbranched alkanes of at least 4 members (excludes halogenated alkanes) is 1. The van der Waals surface area contributed by atoms with Crippen molar-refractivity contribution in [3.05, 3.63) is 91.2 Å². The number of benzene rings is 1. The largest absolute Gasteiger partial charge is 0.493 e. The summed E-state index contributed by atoms with van der Waals surface area (Å²) in [5.74, 6) is 1.56. The Balaban J connectivity index is 1.16. The van der Waals surface area contributed by atoms with E-state index in [0.29, 0.717) is 69.0 Å². The van der Waals surface area contributed by atoms with E-state index in [1.54, 1.807) is 18.3 Å². The number of aromatic nitrogens is 7. The van der Waals surface area contributed by atoms with Crippen LogP contribution in [-0.2, 0) is 19.5 Å². The second-order valence-electron chi connectivity index (χ2n) is 11.7. The number of pyridine rings is 1. The minimum Gasteiger partial charge on any atom is -0.493 e. The van der Waals surface area contributed by atoms with E-state index in [0.717, 1.165) is 15.9 Å². The van der Waals surface area contributed by atoms with Gasteiger partial charge in [-0.05, 0) is 69.2 Å². The van der Waals surface area contributed by atoms with E-state index in [1.807, 2.05) is 37.3 Å². The molecule has 5 aromatic rings. The van der Waals surface area contributed by atoms with Gasteiger partial charge in [0.15, 0.2) is 11.3 Å². The van der Waals surface area contributed by atoms with Gasteiger partial charge in [0.1, 0.15) is 22.6 Å². The van der Waals surface area contributed by atoms with Crippen LogP contribution >= 0.6 is 0 Å². The Kier molecular flexibility index (Phi) is 9.55. The number of aromatic amines is 1. The van der Waals surface area contributed by atoms with Crippen LogP contribution in [0.15, 0.2) is 67.6 Å². The molecule has 13 nitrogen and oxygen atoms in total. The van der Waals surface area contributed by atoms with Crippen LogP contribution < -0.4 is 26.3 Å². The van der Waals surface area contributed by atoms with Gasteiger partial charge in [0, 0.05) is 32.1 Å². The van der Waals surface area contributed by atoms with E-state index in [2.05, 4.69) is 25.1 Å². The lowest BCUT2D eigenvalue weighted by Gasteiger charge is -2.14. The smallest absolute Gasteiger partial charge is 0.331 e. The van der Waals surface area contributed by atoms with Gasteiger partial charge in [-0.25, -0.2) is 9.18 Å². The van der Waals surface area contributed by atoms with Gasteiger partial charge in [-0.15, -0.1) is 0 Å². The molecule has 0 spiro atoms. The van der Waals surface area contributed by atoms with Gasteiger partial charge in [0.2, 0.25) is 0 Å². The number of fused-ring (bicyclic) bond motifs is 1. The number of rotatable bonds is 16. The maximum atomic E-state index is 14.4. The molecule has 0 bridgehead atoms. The van der Waals surface area contributed by atoms with Crippen LogP contribution in [0.1, 0.15) is 56.3 Å². The molecule has 1 aliphatic carbocycles. The fraction of sp³-hybridized carbons (Fsp3) is 0.424. The van der Waals surface area contributed by atoms with E-state index in [-0.39, 0.29) is 43.2 Å². The number of hydrogen-bond donors (Lipinski definition) is 1. The Bertz CT molecular complexity index is 2020. The first-order chi connectivity index (χ1) is 22.8. The van der Waals surface area contributed by atoms with Crippen LogP contribution in [0.2, 0.25) is 0 Å². The number of ether oxygens (including phenoxy) is 2. The zero-order chi connectivity index (χ0) is 32.8. The molecular weight excluding hydrogens is 609 g/mol. The van der Waals surface area contributed by atoms with Crippen molar-refractivity contribution in [2.45, 2.75) is 77.0 Å². The van der Waals surface area contributed by atoms with Crippen LogP contribution in [0, 0.1) is 6.92 Å². The molecule has 0 radical (unpaired) electrons. The van der Waals surface area contributed by atoms with Crippen molar-refractivity contribution in [3.63, 3.8) is 0 Å². The van der Waals surface area contributed by atoms with E-state index in [9.17, 15) is 18.8 Å². The van der Waals surface area contributed by atoms with Gasteiger partial charge in [0.25, 0.3) is 23.0 Å².